The molecule has 0 fully saturated rings. The second-order valence-corrected chi connectivity index (χ2v) is 6.01. The Morgan fingerprint density at radius 2 is 1.78 bits per heavy atom. The highest BCUT2D eigenvalue weighted by atomic mass is 32.2. The van der Waals surface area contributed by atoms with Gasteiger partial charge in [0.2, 0.25) is 0 Å². The molecule has 0 atom stereocenters. The molecule has 3 N–H and O–H groups in total. The summed E-state index contributed by atoms with van der Waals surface area (Å²) >= 11 is 0. The summed E-state index contributed by atoms with van der Waals surface area (Å²) < 4.78 is 23.9. The van der Waals surface area contributed by atoms with Crippen LogP contribution in [0.2, 0.25) is 0 Å². The minimum Gasteiger partial charge on any atom is -0.508 e. The van der Waals surface area contributed by atoms with Gasteiger partial charge in [0.05, 0.1) is 16.0 Å². The fourth-order valence-corrected chi connectivity index (χ4v) is 2.40. The quantitative estimate of drug-likeness (QED) is 0.426. The first kappa shape index (κ1) is 16.2. The summed E-state index contributed by atoms with van der Waals surface area (Å²) in [6.45, 7) is 0. The lowest BCUT2D eigenvalue weighted by Gasteiger charge is -2.03. The van der Waals surface area contributed by atoms with Crippen LogP contribution in [0, 0.1) is 10.1 Å². The predicted octanol–water partition coefficient (Wildman–Crippen LogP) is 1.32. The first-order chi connectivity index (χ1) is 10.8. The number of hydrazone groups is 1. The maximum Gasteiger partial charge on any atom is 0.276 e. The van der Waals surface area contributed by atoms with E-state index in [1.54, 1.807) is 0 Å². The lowest BCUT2D eigenvalue weighted by atomic mass is 10.2. The number of nitrogens with one attached hydrogen (secondary N) is 1. The molecule has 0 saturated carbocycles. The van der Waals surface area contributed by atoms with Gasteiger partial charge < -0.3 is 10.2 Å². The fourth-order valence-electron chi connectivity index (χ4n) is 1.61. The van der Waals surface area contributed by atoms with Gasteiger partial charge in [0.15, 0.2) is 0 Å². The number of nitrogens with zero attached hydrogens (tertiary/aromatic N) is 2. The molecule has 0 saturated heterocycles. The van der Waals surface area contributed by atoms with Gasteiger partial charge in [-0.15, -0.1) is 0 Å². The summed E-state index contributed by atoms with van der Waals surface area (Å²) in [7, 11) is -4.00. The van der Waals surface area contributed by atoms with Crippen molar-refractivity contribution in [2.45, 2.75) is 4.90 Å². The summed E-state index contributed by atoms with van der Waals surface area (Å²) in [5.74, 6) is -0.422. The summed E-state index contributed by atoms with van der Waals surface area (Å²) in [5.41, 5.74) is -0.0457. The monoisotopic (exact) mass is 337 g/mol. The van der Waals surface area contributed by atoms with E-state index in [0.29, 0.717) is 0 Å². The van der Waals surface area contributed by atoms with Crippen LogP contribution in [0.15, 0.2) is 52.5 Å². The van der Waals surface area contributed by atoms with Crippen LogP contribution in [0.25, 0.3) is 0 Å². The molecular formula is C13H11N3O6S. The van der Waals surface area contributed by atoms with Gasteiger partial charge in [0.25, 0.3) is 15.7 Å². The lowest BCUT2D eigenvalue weighted by Crippen LogP contribution is -2.18. The second-order valence-electron chi connectivity index (χ2n) is 4.35. The number of aromatic hydroxyl groups is 2. The van der Waals surface area contributed by atoms with Crippen molar-refractivity contribution in [2.75, 3.05) is 0 Å². The van der Waals surface area contributed by atoms with Crippen molar-refractivity contribution in [1.82, 2.24) is 4.83 Å². The topological polar surface area (TPSA) is 142 Å². The molecule has 0 aliphatic rings. The molecular weight excluding hydrogens is 326 g/mol. The number of nitro benzene ring substituents is 1. The van der Waals surface area contributed by atoms with Crippen LogP contribution in [0.4, 0.5) is 5.69 Å². The van der Waals surface area contributed by atoms with E-state index < -0.39 is 14.9 Å². The standard InChI is InChI=1S/C13H11N3O6S/c17-11-4-1-9(13(18)7-11)8-14-15-23(21,22)12-5-2-10(3-6-12)16(19)20/h1-8,15,17-18H/b14-8+. The normalized spacial score (nSPS) is 11.5. The van der Waals surface area contributed by atoms with Crippen molar-refractivity contribution in [3.8, 4) is 11.5 Å². The Bertz CT molecular complexity index is 862. The van der Waals surface area contributed by atoms with Gasteiger partial charge in [0.1, 0.15) is 11.5 Å². The third kappa shape index (κ3) is 3.95. The smallest absolute Gasteiger partial charge is 0.276 e. The molecule has 120 valence electrons. The van der Waals surface area contributed by atoms with E-state index in [2.05, 4.69) is 5.10 Å². The number of phenolic OH excluding ortho intramolecular Hbond substituents is 2. The van der Waals surface area contributed by atoms with Crippen LogP contribution in [0.1, 0.15) is 5.56 Å². The minimum absolute atomic E-state index is 0.147. The Kier molecular flexibility index (Phi) is 4.46. The van der Waals surface area contributed by atoms with Crippen molar-refractivity contribution in [3.63, 3.8) is 0 Å². The zero-order valence-corrected chi connectivity index (χ0v) is 12.3. The maximum absolute atomic E-state index is 11.9. The molecule has 2 aromatic rings. The Labute approximate surface area is 130 Å². The van der Waals surface area contributed by atoms with E-state index in [4.69, 9.17) is 5.11 Å². The third-order valence-electron chi connectivity index (χ3n) is 2.75. The average Bonchev–Trinajstić information content (AvgIpc) is 2.49. The van der Waals surface area contributed by atoms with Gasteiger partial charge in [-0.25, -0.2) is 4.83 Å². The number of rotatable bonds is 5. The zero-order valence-electron chi connectivity index (χ0n) is 11.4. The highest BCUT2D eigenvalue weighted by Gasteiger charge is 2.14. The van der Waals surface area contributed by atoms with E-state index in [1.165, 1.54) is 12.1 Å². The summed E-state index contributed by atoms with van der Waals surface area (Å²) in [4.78, 5) is 11.6. The molecule has 10 heteroatoms. The van der Waals surface area contributed by atoms with Crippen molar-refractivity contribution in [1.29, 1.82) is 0 Å². The van der Waals surface area contributed by atoms with E-state index >= 15 is 0 Å². The molecule has 0 heterocycles. The molecule has 0 amide bonds. The first-order valence-corrected chi connectivity index (χ1v) is 7.59. The number of non-ortho nitro benzene ring substituents is 1. The number of hydrogen-bond donors (Lipinski definition) is 3. The highest BCUT2D eigenvalue weighted by molar-refractivity contribution is 7.89. The van der Waals surface area contributed by atoms with Gasteiger partial charge in [0, 0.05) is 23.8 Å². The lowest BCUT2D eigenvalue weighted by molar-refractivity contribution is -0.384. The summed E-state index contributed by atoms with van der Waals surface area (Å²) in [6, 6.07) is 7.99. The van der Waals surface area contributed by atoms with Gasteiger partial charge in [-0.05, 0) is 24.3 Å². The first-order valence-electron chi connectivity index (χ1n) is 6.11. The van der Waals surface area contributed by atoms with Gasteiger partial charge in [-0.1, -0.05) is 0 Å². The van der Waals surface area contributed by atoms with E-state index in [1.807, 2.05) is 4.83 Å². The Balaban J connectivity index is 2.14. The SMILES string of the molecule is O=[N+]([O-])c1ccc(S(=O)(=O)N/N=C/c2ccc(O)cc2O)cc1. The molecule has 0 unspecified atom stereocenters. The van der Waals surface area contributed by atoms with Crippen LogP contribution < -0.4 is 4.83 Å². The molecule has 2 rings (SSSR count). The fraction of sp³-hybridized carbons (Fsp3) is 0. The van der Waals surface area contributed by atoms with Gasteiger partial charge >= 0.3 is 0 Å². The zero-order chi connectivity index (χ0) is 17.0. The molecule has 0 spiro atoms. The van der Waals surface area contributed by atoms with Crippen LogP contribution in [0.5, 0.6) is 11.5 Å². The maximum atomic E-state index is 11.9. The second kappa shape index (κ2) is 6.32. The molecule has 0 aliphatic carbocycles. The van der Waals surface area contributed by atoms with Crippen molar-refractivity contribution in [3.05, 3.63) is 58.1 Å². The third-order valence-corrected chi connectivity index (χ3v) is 3.99. The number of hydrogen-bond acceptors (Lipinski definition) is 7. The molecule has 23 heavy (non-hydrogen) atoms. The summed E-state index contributed by atoms with van der Waals surface area (Å²) in [6.07, 6.45) is 1.05. The Morgan fingerprint density at radius 3 is 2.35 bits per heavy atom. The van der Waals surface area contributed by atoms with Crippen molar-refractivity contribution in [2.24, 2.45) is 5.10 Å². The van der Waals surface area contributed by atoms with Crippen LogP contribution in [-0.4, -0.2) is 29.8 Å². The number of sulfonamides is 1. The molecule has 0 radical (unpaired) electrons. The summed E-state index contributed by atoms with van der Waals surface area (Å²) in [5, 5.41) is 32.7. The molecule has 0 bridgehead atoms. The van der Waals surface area contributed by atoms with Gasteiger partial charge in [-0.2, -0.15) is 13.5 Å². The van der Waals surface area contributed by atoms with E-state index in [-0.39, 0.29) is 27.6 Å². The van der Waals surface area contributed by atoms with E-state index in [0.717, 1.165) is 36.5 Å². The molecule has 9 nitrogen and oxygen atoms in total. The minimum atomic E-state index is -4.00. The number of phenols is 2. The predicted molar refractivity (Wildman–Crippen MR) is 80.8 cm³/mol. The average molecular weight is 337 g/mol. The Hall–Kier alpha value is -3.14. The van der Waals surface area contributed by atoms with Crippen LogP contribution >= 0.6 is 0 Å². The molecule has 0 aliphatic heterocycles. The Morgan fingerprint density at radius 1 is 1.13 bits per heavy atom. The van der Waals surface area contributed by atoms with Gasteiger partial charge in [-0.3, -0.25) is 10.1 Å². The highest BCUT2D eigenvalue weighted by Crippen LogP contribution is 2.21. The van der Waals surface area contributed by atoms with Crippen LogP contribution in [-0.2, 0) is 10.0 Å². The molecule has 2 aromatic carbocycles. The van der Waals surface area contributed by atoms with Crippen LogP contribution in [0.3, 0.4) is 0 Å². The largest absolute Gasteiger partial charge is 0.508 e. The number of benzene rings is 2. The van der Waals surface area contributed by atoms with Crippen molar-refractivity contribution >= 4 is 21.9 Å². The number of nitro groups is 1. The van der Waals surface area contributed by atoms with Crippen molar-refractivity contribution < 1.29 is 23.6 Å². The van der Waals surface area contributed by atoms with E-state index in [9.17, 15) is 23.6 Å². The molecule has 0 aromatic heterocycles.